The van der Waals surface area contributed by atoms with Gasteiger partial charge in [-0.3, -0.25) is 19.2 Å². The van der Waals surface area contributed by atoms with Gasteiger partial charge in [-0.15, -0.1) is 0 Å². The van der Waals surface area contributed by atoms with Crippen LogP contribution in [-0.2, 0) is 28.7 Å². The number of benzene rings is 1. The highest BCUT2D eigenvalue weighted by Gasteiger charge is 2.43. The molecule has 4 atom stereocenters. The molecule has 5 amide bonds. The molecule has 5 N–H and O–H groups in total. The van der Waals surface area contributed by atoms with Gasteiger partial charge in [-0.1, -0.05) is 32.9 Å². The van der Waals surface area contributed by atoms with E-state index in [1.54, 1.807) is 25.7 Å². The molecule has 262 valence electrons. The predicted octanol–water partition coefficient (Wildman–Crippen LogP) is 1.31. The van der Waals surface area contributed by atoms with Crippen LogP contribution in [-0.4, -0.2) is 114 Å². The maximum atomic E-state index is 13.3. The summed E-state index contributed by atoms with van der Waals surface area (Å²) in [6.45, 7) is 14.8. The molecule has 2 saturated heterocycles. The van der Waals surface area contributed by atoms with Crippen molar-refractivity contribution < 1.29 is 38.6 Å². The number of alkyl carbamates (subject to hydrolysis) is 1. The van der Waals surface area contributed by atoms with Crippen molar-refractivity contribution in [3.05, 3.63) is 29.8 Å². The number of ether oxygens (including phenoxy) is 2. The monoisotopic (exact) mass is 660 g/mol. The summed E-state index contributed by atoms with van der Waals surface area (Å²) in [5, 5.41) is 15.5. The van der Waals surface area contributed by atoms with E-state index in [2.05, 4.69) is 15.5 Å². The van der Waals surface area contributed by atoms with Crippen LogP contribution in [0.25, 0.3) is 0 Å². The third-order valence-corrected chi connectivity index (χ3v) is 8.13. The zero-order chi connectivity index (χ0) is 35.1. The van der Waals surface area contributed by atoms with Gasteiger partial charge in [-0.25, -0.2) is 4.79 Å². The lowest BCUT2D eigenvalue weighted by Crippen LogP contribution is -2.57. The minimum Gasteiger partial charge on any atom is -0.444 e. The van der Waals surface area contributed by atoms with Crippen LogP contribution >= 0.6 is 0 Å². The first-order chi connectivity index (χ1) is 21.9. The first-order valence-electron chi connectivity index (χ1n) is 16.1. The van der Waals surface area contributed by atoms with Crippen LogP contribution in [0.15, 0.2) is 24.3 Å². The number of likely N-dealkylation sites (tertiary alicyclic amines) is 1. The molecule has 47 heavy (non-hydrogen) atoms. The van der Waals surface area contributed by atoms with Gasteiger partial charge in [-0.05, 0) is 50.8 Å². The van der Waals surface area contributed by atoms with E-state index in [9.17, 15) is 29.1 Å². The molecule has 0 aromatic heterocycles. The first kappa shape index (κ1) is 37.5. The number of carbonyl (C=O) groups is 5. The van der Waals surface area contributed by atoms with Crippen LogP contribution in [0.5, 0.6) is 0 Å². The summed E-state index contributed by atoms with van der Waals surface area (Å²) in [5.74, 6) is -1.81. The third-order valence-electron chi connectivity index (χ3n) is 8.13. The number of carbonyl (C=O) groups excluding carboxylic acids is 5. The van der Waals surface area contributed by atoms with Crippen molar-refractivity contribution >= 4 is 35.4 Å². The molecular formula is C33H52N6O8. The Balaban J connectivity index is 1.40. The maximum absolute atomic E-state index is 13.3. The summed E-state index contributed by atoms with van der Waals surface area (Å²) in [6.07, 6.45) is -1.17. The highest BCUT2D eigenvalue weighted by molar-refractivity contribution is 5.93. The average molecular weight is 661 g/mol. The fourth-order valence-corrected chi connectivity index (χ4v) is 5.58. The summed E-state index contributed by atoms with van der Waals surface area (Å²) in [6, 6.07) is 5.81. The number of anilines is 1. The van der Waals surface area contributed by atoms with E-state index in [1.165, 1.54) is 4.90 Å². The number of nitrogens with two attached hydrogens (primary N) is 1. The van der Waals surface area contributed by atoms with Gasteiger partial charge in [0.05, 0.1) is 25.2 Å². The van der Waals surface area contributed by atoms with Crippen LogP contribution in [0.4, 0.5) is 10.5 Å². The van der Waals surface area contributed by atoms with Gasteiger partial charge in [0.2, 0.25) is 23.6 Å². The molecule has 14 nitrogen and oxygen atoms in total. The SMILES string of the molecule is C[C@H](NC(=O)OC(C)(C)C)c1ccc(N2CCN(C(=O)CCOCC(=O)N[C@H](C(=O)N3C[C@H](O)C[C@H]3C(N)=O)C(C)(C)C)CC2)cc1. The standard InChI is InChI=1S/C33H52N6O8/c1-21(35-31(45)47-33(5,6)7)22-8-10-23(11-9-22)37-13-15-38(16-14-37)27(42)12-17-46-20-26(41)36-28(32(2,3)4)30(44)39-19-24(40)18-25(39)29(34)43/h8-11,21,24-25,28,40H,12-20H2,1-7H3,(H2,34,43)(H,35,45)(H,36,41)/t21-,24+,25-,28+/m0/s1. The van der Waals surface area contributed by atoms with Crippen molar-refractivity contribution in [2.75, 3.05) is 50.8 Å². The third kappa shape index (κ3) is 11.1. The molecule has 0 spiro atoms. The first-order valence-corrected chi connectivity index (χ1v) is 16.1. The van der Waals surface area contributed by atoms with Gasteiger partial charge < -0.3 is 45.6 Å². The molecule has 0 aliphatic carbocycles. The quantitative estimate of drug-likeness (QED) is 0.254. The molecule has 2 aliphatic heterocycles. The second-order valence-corrected chi connectivity index (χ2v) is 14.3. The number of nitrogens with zero attached hydrogens (tertiary/aromatic N) is 3. The number of hydrogen-bond donors (Lipinski definition) is 4. The van der Waals surface area contributed by atoms with E-state index in [-0.39, 0.29) is 44.5 Å². The summed E-state index contributed by atoms with van der Waals surface area (Å²) in [7, 11) is 0. The number of hydrogen-bond acceptors (Lipinski definition) is 9. The highest BCUT2D eigenvalue weighted by Crippen LogP contribution is 2.26. The Kier molecular flexibility index (Phi) is 12.6. The van der Waals surface area contributed by atoms with Crippen molar-refractivity contribution in [3.63, 3.8) is 0 Å². The number of amides is 5. The van der Waals surface area contributed by atoms with E-state index >= 15 is 0 Å². The molecule has 1 aromatic carbocycles. The minimum absolute atomic E-state index is 0.0393. The zero-order valence-electron chi connectivity index (χ0n) is 28.7. The number of aliphatic hydroxyl groups excluding tert-OH is 1. The Morgan fingerprint density at radius 2 is 1.60 bits per heavy atom. The van der Waals surface area contributed by atoms with Gasteiger partial charge in [-0.2, -0.15) is 0 Å². The van der Waals surface area contributed by atoms with Crippen molar-refractivity contribution in [1.82, 2.24) is 20.4 Å². The molecular weight excluding hydrogens is 608 g/mol. The van der Waals surface area contributed by atoms with Gasteiger partial charge in [0.25, 0.3) is 0 Å². The summed E-state index contributed by atoms with van der Waals surface area (Å²) in [5.41, 5.74) is 6.14. The predicted molar refractivity (Wildman–Crippen MR) is 175 cm³/mol. The Morgan fingerprint density at radius 1 is 0.979 bits per heavy atom. The molecule has 1 aromatic rings. The highest BCUT2D eigenvalue weighted by atomic mass is 16.6. The lowest BCUT2D eigenvalue weighted by atomic mass is 9.85. The van der Waals surface area contributed by atoms with Crippen LogP contribution in [0, 0.1) is 5.41 Å². The number of aliphatic hydroxyl groups is 1. The topological polar surface area (TPSA) is 184 Å². The summed E-state index contributed by atoms with van der Waals surface area (Å²) < 4.78 is 10.8. The number of piperazine rings is 1. The van der Waals surface area contributed by atoms with Gasteiger partial charge >= 0.3 is 6.09 Å². The largest absolute Gasteiger partial charge is 0.444 e. The van der Waals surface area contributed by atoms with Gasteiger partial charge in [0.15, 0.2) is 0 Å². The molecule has 0 unspecified atom stereocenters. The smallest absolute Gasteiger partial charge is 0.408 e. The lowest BCUT2D eigenvalue weighted by Gasteiger charge is -2.36. The average Bonchev–Trinajstić information content (AvgIpc) is 3.38. The molecule has 0 radical (unpaired) electrons. The second-order valence-electron chi connectivity index (χ2n) is 14.3. The summed E-state index contributed by atoms with van der Waals surface area (Å²) >= 11 is 0. The number of nitrogens with one attached hydrogen (secondary N) is 2. The molecule has 3 rings (SSSR count). The van der Waals surface area contributed by atoms with Crippen molar-refractivity contribution in [1.29, 1.82) is 0 Å². The van der Waals surface area contributed by atoms with Gasteiger partial charge in [0, 0.05) is 44.8 Å². The van der Waals surface area contributed by atoms with E-state index < -0.39 is 53.0 Å². The fraction of sp³-hybridized carbons (Fsp3) is 0.667. The van der Waals surface area contributed by atoms with Crippen LogP contribution < -0.4 is 21.3 Å². The molecule has 2 fully saturated rings. The van der Waals surface area contributed by atoms with Crippen molar-refractivity contribution in [3.8, 4) is 0 Å². The zero-order valence-corrected chi connectivity index (χ0v) is 28.7. The number of β-amino-alcohol motifs (C(OH)–C–C–N with tert-alkyl or cyclic N) is 1. The lowest BCUT2D eigenvalue weighted by molar-refractivity contribution is -0.144. The molecule has 2 aliphatic rings. The van der Waals surface area contributed by atoms with Crippen LogP contribution in [0.3, 0.4) is 0 Å². The molecule has 2 heterocycles. The Bertz CT molecular complexity index is 1270. The van der Waals surface area contributed by atoms with Gasteiger partial charge in [0.1, 0.15) is 24.3 Å². The molecule has 0 bridgehead atoms. The number of primary amides is 1. The van der Waals surface area contributed by atoms with E-state index in [0.717, 1.165) is 11.3 Å². The summed E-state index contributed by atoms with van der Waals surface area (Å²) in [4.78, 5) is 67.9. The Hall–Kier alpha value is -3.91. The van der Waals surface area contributed by atoms with E-state index in [4.69, 9.17) is 15.2 Å². The second kappa shape index (κ2) is 15.8. The van der Waals surface area contributed by atoms with E-state index in [0.29, 0.717) is 26.2 Å². The maximum Gasteiger partial charge on any atom is 0.408 e. The van der Waals surface area contributed by atoms with Crippen LogP contribution in [0.1, 0.15) is 72.9 Å². The van der Waals surface area contributed by atoms with E-state index in [1.807, 2.05) is 52.0 Å². The van der Waals surface area contributed by atoms with Crippen molar-refractivity contribution in [2.24, 2.45) is 11.1 Å². The fourth-order valence-electron chi connectivity index (χ4n) is 5.58. The minimum atomic E-state index is -0.975. The molecule has 0 saturated carbocycles. The van der Waals surface area contributed by atoms with Crippen molar-refractivity contribution in [2.45, 2.75) is 91.1 Å². The Morgan fingerprint density at radius 3 is 2.15 bits per heavy atom. The number of rotatable bonds is 11. The normalized spacial score (nSPS) is 20.0. The Labute approximate surface area is 277 Å². The van der Waals surface area contributed by atoms with Crippen LogP contribution in [0.2, 0.25) is 0 Å². The molecule has 14 heteroatoms.